The summed E-state index contributed by atoms with van der Waals surface area (Å²) >= 11 is 1.88. The van der Waals surface area contributed by atoms with E-state index < -0.39 is 0 Å². The lowest BCUT2D eigenvalue weighted by molar-refractivity contribution is 0.660. The van der Waals surface area contributed by atoms with Crippen LogP contribution >= 0.6 is 11.3 Å². The van der Waals surface area contributed by atoms with Crippen molar-refractivity contribution in [1.82, 2.24) is 0 Å². The maximum absolute atomic E-state index is 6.18. The van der Waals surface area contributed by atoms with Gasteiger partial charge in [-0.15, -0.1) is 11.3 Å². The average molecular weight is 836 g/mol. The SMILES string of the molecule is CC1(C)c2ccccc2-c2c(N(c3cccc(-c4cccc(-c5ccc6oc7ccccc7c6c5)c4)c3)c3cccc(-c4cccc5ccc6sc7ccccc7c6c45)c3)cccc21. The van der Waals surface area contributed by atoms with Gasteiger partial charge in [-0.05, 0) is 128 Å². The van der Waals surface area contributed by atoms with Crippen LogP contribution in [0.3, 0.4) is 0 Å². The van der Waals surface area contributed by atoms with Gasteiger partial charge in [0.25, 0.3) is 0 Å². The molecular formula is C61H41NOS. The van der Waals surface area contributed by atoms with E-state index in [0.29, 0.717) is 0 Å². The molecule has 2 heterocycles. The maximum Gasteiger partial charge on any atom is 0.135 e. The van der Waals surface area contributed by atoms with E-state index in [4.69, 9.17) is 4.42 Å². The summed E-state index contributed by atoms with van der Waals surface area (Å²) in [5, 5.41) is 7.48. The monoisotopic (exact) mass is 835 g/mol. The lowest BCUT2D eigenvalue weighted by Crippen LogP contribution is -2.16. The van der Waals surface area contributed by atoms with Gasteiger partial charge in [-0.1, -0.05) is 159 Å². The van der Waals surface area contributed by atoms with Crippen molar-refractivity contribution in [2.75, 3.05) is 4.90 Å². The first-order valence-electron chi connectivity index (χ1n) is 22.1. The predicted molar refractivity (Wildman–Crippen MR) is 273 cm³/mol. The molecule has 0 bridgehead atoms. The smallest absolute Gasteiger partial charge is 0.135 e. The summed E-state index contributed by atoms with van der Waals surface area (Å²) in [5.74, 6) is 0. The Labute approximate surface area is 375 Å². The van der Waals surface area contributed by atoms with E-state index in [-0.39, 0.29) is 5.41 Å². The quantitative estimate of drug-likeness (QED) is 0.166. The van der Waals surface area contributed by atoms with Gasteiger partial charge >= 0.3 is 0 Å². The second-order valence-corrected chi connectivity index (χ2v) is 18.7. The summed E-state index contributed by atoms with van der Waals surface area (Å²) in [5.41, 5.74) is 17.4. The normalized spacial score (nSPS) is 13.0. The Kier molecular flexibility index (Phi) is 8.16. The molecular weight excluding hydrogens is 795 g/mol. The molecule has 302 valence electrons. The molecule has 0 saturated carbocycles. The van der Waals surface area contributed by atoms with Gasteiger partial charge in [0.2, 0.25) is 0 Å². The van der Waals surface area contributed by atoms with Gasteiger partial charge in [0, 0.05) is 53.3 Å². The van der Waals surface area contributed by atoms with Crippen LogP contribution in [0.4, 0.5) is 17.1 Å². The van der Waals surface area contributed by atoms with Gasteiger partial charge in [0.05, 0.1) is 5.69 Å². The fraction of sp³-hybridized carbons (Fsp3) is 0.0492. The summed E-state index contributed by atoms with van der Waals surface area (Å²) in [6.07, 6.45) is 0. The Bertz CT molecular complexity index is 3850. The summed E-state index contributed by atoms with van der Waals surface area (Å²) in [4.78, 5) is 2.49. The van der Waals surface area contributed by atoms with Gasteiger partial charge in [-0.2, -0.15) is 0 Å². The number of hydrogen-bond donors (Lipinski definition) is 0. The zero-order chi connectivity index (χ0) is 42.5. The van der Waals surface area contributed by atoms with E-state index in [9.17, 15) is 0 Å². The molecule has 0 unspecified atom stereocenters. The van der Waals surface area contributed by atoms with Crippen LogP contribution in [0.5, 0.6) is 0 Å². The number of benzene rings is 10. The Morgan fingerprint density at radius 1 is 0.406 bits per heavy atom. The third-order valence-electron chi connectivity index (χ3n) is 13.6. The highest BCUT2D eigenvalue weighted by atomic mass is 32.1. The Morgan fingerprint density at radius 2 is 1.03 bits per heavy atom. The van der Waals surface area contributed by atoms with Crippen molar-refractivity contribution in [2.24, 2.45) is 0 Å². The second-order valence-electron chi connectivity index (χ2n) is 17.6. The maximum atomic E-state index is 6.18. The first-order valence-corrected chi connectivity index (χ1v) is 22.9. The fourth-order valence-corrected chi connectivity index (χ4v) is 11.7. The van der Waals surface area contributed by atoms with E-state index in [1.807, 2.05) is 23.5 Å². The molecule has 0 aliphatic heterocycles. The number of fused-ring (bicyclic) bond motifs is 11. The Morgan fingerprint density at radius 3 is 1.89 bits per heavy atom. The minimum Gasteiger partial charge on any atom is -0.456 e. The van der Waals surface area contributed by atoms with Crippen molar-refractivity contribution in [2.45, 2.75) is 19.3 Å². The van der Waals surface area contributed by atoms with Gasteiger partial charge in [-0.3, -0.25) is 0 Å². The molecule has 12 aromatic rings. The van der Waals surface area contributed by atoms with Crippen LogP contribution in [0, 0.1) is 0 Å². The second kappa shape index (κ2) is 14.2. The highest BCUT2D eigenvalue weighted by Crippen LogP contribution is 2.54. The average Bonchev–Trinajstić information content (AvgIpc) is 3.99. The summed E-state index contributed by atoms with van der Waals surface area (Å²) in [6, 6.07) is 78.1. The van der Waals surface area contributed by atoms with E-state index in [2.05, 4.69) is 219 Å². The third kappa shape index (κ3) is 5.64. The van der Waals surface area contributed by atoms with Crippen molar-refractivity contribution < 1.29 is 4.42 Å². The highest BCUT2D eigenvalue weighted by Gasteiger charge is 2.37. The predicted octanol–water partition coefficient (Wildman–Crippen LogP) is 17.9. The van der Waals surface area contributed by atoms with Crippen LogP contribution in [0.25, 0.3) is 97.4 Å². The van der Waals surface area contributed by atoms with Gasteiger partial charge < -0.3 is 9.32 Å². The van der Waals surface area contributed by atoms with E-state index in [1.54, 1.807) is 0 Å². The lowest BCUT2D eigenvalue weighted by atomic mass is 9.82. The van der Waals surface area contributed by atoms with Crippen molar-refractivity contribution >= 4 is 81.3 Å². The van der Waals surface area contributed by atoms with E-state index in [0.717, 1.165) is 50.0 Å². The molecule has 1 aliphatic rings. The summed E-state index contributed by atoms with van der Waals surface area (Å²) < 4.78 is 8.81. The topological polar surface area (TPSA) is 16.4 Å². The number of thiophene rings is 1. The number of anilines is 3. The molecule has 1 aliphatic carbocycles. The van der Waals surface area contributed by atoms with Gasteiger partial charge in [0.1, 0.15) is 11.2 Å². The first-order chi connectivity index (χ1) is 31.5. The lowest BCUT2D eigenvalue weighted by Gasteiger charge is -2.29. The molecule has 2 aromatic heterocycles. The molecule has 0 fully saturated rings. The van der Waals surface area contributed by atoms with Crippen LogP contribution in [-0.4, -0.2) is 0 Å². The van der Waals surface area contributed by atoms with Crippen LogP contribution in [0.1, 0.15) is 25.0 Å². The minimum atomic E-state index is -0.138. The van der Waals surface area contributed by atoms with Gasteiger partial charge in [-0.25, -0.2) is 0 Å². The summed E-state index contributed by atoms with van der Waals surface area (Å²) in [6.45, 7) is 4.73. The molecule has 10 aromatic carbocycles. The van der Waals surface area contributed by atoms with Crippen LogP contribution < -0.4 is 4.90 Å². The minimum absolute atomic E-state index is 0.138. The van der Waals surface area contributed by atoms with Crippen LogP contribution in [0.15, 0.2) is 217 Å². The molecule has 0 radical (unpaired) electrons. The molecule has 0 N–H and O–H groups in total. The standard InChI is InChI=1S/C61H41NOS/c1-61(2)51-25-6-3-22-48(51)59-52(61)26-13-27-53(59)62(45-20-11-18-43(36-45)46-24-12-14-38-31-33-57-60(58(38)46)49-23-5-8-29-56(49)64-57)44-19-10-17-41(35-44)39-15-9-16-40(34-39)42-30-32-55-50(37-42)47-21-4-7-28-54(47)63-55/h3-37H,1-2H3. The van der Waals surface area contributed by atoms with Crippen molar-refractivity contribution in [3.05, 3.63) is 223 Å². The molecule has 13 rings (SSSR count). The molecule has 0 spiro atoms. The van der Waals surface area contributed by atoms with Crippen LogP contribution in [-0.2, 0) is 5.41 Å². The van der Waals surface area contributed by atoms with Crippen molar-refractivity contribution in [3.63, 3.8) is 0 Å². The Hall–Kier alpha value is -7.72. The zero-order valence-corrected chi connectivity index (χ0v) is 36.3. The van der Waals surface area contributed by atoms with Crippen molar-refractivity contribution in [1.29, 1.82) is 0 Å². The molecule has 0 saturated heterocycles. The largest absolute Gasteiger partial charge is 0.456 e. The van der Waals surface area contributed by atoms with E-state index in [1.165, 1.54) is 75.6 Å². The third-order valence-corrected chi connectivity index (χ3v) is 14.8. The van der Waals surface area contributed by atoms with E-state index >= 15 is 0 Å². The Balaban J connectivity index is 0.992. The number of para-hydroxylation sites is 1. The van der Waals surface area contributed by atoms with Gasteiger partial charge in [0.15, 0.2) is 0 Å². The molecule has 64 heavy (non-hydrogen) atoms. The zero-order valence-electron chi connectivity index (χ0n) is 35.5. The molecule has 0 amide bonds. The highest BCUT2D eigenvalue weighted by molar-refractivity contribution is 7.26. The molecule has 2 nitrogen and oxygen atoms in total. The van der Waals surface area contributed by atoms with Crippen LogP contribution in [0.2, 0.25) is 0 Å². The van der Waals surface area contributed by atoms with Crippen molar-refractivity contribution in [3.8, 4) is 44.5 Å². The molecule has 3 heteroatoms. The number of nitrogens with zero attached hydrogens (tertiary/aromatic N) is 1. The number of furan rings is 1. The first kappa shape index (κ1) is 36.9. The summed E-state index contributed by atoms with van der Waals surface area (Å²) in [7, 11) is 0. The fourth-order valence-electron chi connectivity index (χ4n) is 10.6. The molecule has 0 atom stereocenters. The number of rotatable bonds is 6. The number of hydrogen-bond acceptors (Lipinski definition) is 3.